The van der Waals surface area contributed by atoms with Gasteiger partial charge in [-0.3, -0.25) is 4.90 Å². The quantitative estimate of drug-likeness (QED) is 0.940. The molecule has 1 aliphatic rings. The number of halogens is 1. The first-order chi connectivity index (χ1) is 9.70. The molecule has 5 heteroatoms. The predicted molar refractivity (Wildman–Crippen MR) is 92.0 cm³/mol. The highest BCUT2D eigenvalue weighted by atomic mass is 35.5. The second-order valence-electron chi connectivity index (χ2n) is 5.65. The Morgan fingerprint density at radius 3 is 2.81 bits per heavy atom. The Balaban J connectivity index is 0.00000161. The highest BCUT2D eigenvalue weighted by Crippen LogP contribution is 2.25. The number of nitrogens with two attached hydrogens (primary N) is 1. The van der Waals surface area contributed by atoms with Crippen LogP contribution in [0.4, 0.5) is 0 Å². The third kappa shape index (κ3) is 4.27. The van der Waals surface area contributed by atoms with E-state index in [1.165, 1.54) is 23.2 Å². The largest absolute Gasteiger partial charge is 0.327 e. The van der Waals surface area contributed by atoms with E-state index in [9.17, 15) is 0 Å². The summed E-state index contributed by atoms with van der Waals surface area (Å²) < 4.78 is 0. The van der Waals surface area contributed by atoms with Gasteiger partial charge in [-0.15, -0.1) is 23.7 Å². The number of hydrogen-bond acceptors (Lipinski definition) is 4. The average Bonchev–Trinajstić information content (AvgIpc) is 2.88. The minimum absolute atomic E-state index is 0. The zero-order chi connectivity index (χ0) is 13.9. The molecule has 3 nitrogen and oxygen atoms in total. The van der Waals surface area contributed by atoms with Gasteiger partial charge in [0, 0.05) is 30.1 Å². The maximum Gasteiger partial charge on any atom is 0.123 e. The average molecular weight is 324 g/mol. The Hall–Kier alpha value is -0.940. The predicted octanol–water partition coefficient (Wildman–Crippen LogP) is 3.46. The first-order valence-corrected chi connectivity index (χ1v) is 8.08. The molecule has 0 spiro atoms. The third-order valence-electron chi connectivity index (χ3n) is 3.78. The van der Waals surface area contributed by atoms with E-state index in [1.54, 1.807) is 11.3 Å². The summed E-state index contributed by atoms with van der Waals surface area (Å²) in [6.07, 6.45) is 2.36. The number of nitrogens with zero attached hydrogens (tertiary/aromatic N) is 2. The van der Waals surface area contributed by atoms with Crippen LogP contribution < -0.4 is 5.73 Å². The number of thiazole rings is 1. The number of hydrogen-bond donors (Lipinski definition) is 1. The van der Waals surface area contributed by atoms with Crippen molar-refractivity contribution < 1.29 is 0 Å². The summed E-state index contributed by atoms with van der Waals surface area (Å²) in [6, 6.07) is 8.91. The van der Waals surface area contributed by atoms with Gasteiger partial charge in [-0.25, -0.2) is 4.98 Å². The van der Waals surface area contributed by atoms with E-state index in [2.05, 4.69) is 41.5 Å². The summed E-state index contributed by atoms with van der Waals surface area (Å²) in [5.41, 5.74) is 9.69. The van der Waals surface area contributed by atoms with E-state index >= 15 is 0 Å². The van der Waals surface area contributed by atoms with Gasteiger partial charge in [-0.2, -0.15) is 0 Å². The second-order valence-corrected chi connectivity index (χ2v) is 6.51. The molecule has 3 rings (SSSR count). The van der Waals surface area contributed by atoms with Crippen molar-refractivity contribution in [3.05, 3.63) is 40.9 Å². The van der Waals surface area contributed by atoms with Gasteiger partial charge < -0.3 is 5.73 Å². The monoisotopic (exact) mass is 323 g/mol. The summed E-state index contributed by atoms with van der Waals surface area (Å²) >= 11 is 1.73. The van der Waals surface area contributed by atoms with Crippen molar-refractivity contribution in [3.63, 3.8) is 0 Å². The standard InChI is InChI=1S/C16H21N3S.ClH/c1-12-4-6-13(7-5-12)16-18-15(11-20-16)10-19-8-2-3-14(17)9-19;/h4-7,11,14H,2-3,8-10,17H2,1H3;1H. The lowest BCUT2D eigenvalue weighted by Crippen LogP contribution is -2.42. The SMILES string of the molecule is Cc1ccc(-c2nc(CN3CCCC(N)C3)cs2)cc1.Cl. The molecule has 21 heavy (non-hydrogen) atoms. The smallest absolute Gasteiger partial charge is 0.123 e. The van der Waals surface area contributed by atoms with Crippen LogP contribution in [-0.2, 0) is 6.54 Å². The van der Waals surface area contributed by atoms with Crippen molar-refractivity contribution in [2.75, 3.05) is 13.1 Å². The van der Waals surface area contributed by atoms with Crippen LogP contribution in [-0.4, -0.2) is 29.0 Å². The molecule has 1 saturated heterocycles. The topological polar surface area (TPSA) is 42.2 Å². The second kappa shape index (κ2) is 7.36. The van der Waals surface area contributed by atoms with Crippen LogP contribution in [0.2, 0.25) is 0 Å². The Labute approximate surface area is 136 Å². The van der Waals surface area contributed by atoms with E-state index in [4.69, 9.17) is 10.7 Å². The molecule has 0 amide bonds. The molecular formula is C16H22ClN3S. The molecule has 0 bridgehead atoms. The van der Waals surface area contributed by atoms with Gasteiger partial charge in [0.2, 0.25) is 0 Å². The number of aromatic nitrogens is 1. The molecule has 1 aromatic carbocycles. The molecular weight excluding hydrogens is 302 g/mol. The lowest BCUT2D eigenvalue weighted by molar-refractivity contribution is 0.200. The van der Waals surface area contributed by atoms with Crippen LogP contribution in [0.15, 0.2) is 29.6 Å². The lowest BCUT2D eigenvalue weighted by atomic mass is 10.1. The zero-order valence-corrected chi connectivity index (χ0v) is 13.9. The molecule has 2 heterocycles. The van der Waals surface area contributed by atoms with Gasteiger partial charge in [0.15, 0.2) is 0 Å². The van der Waals surface area contributed by atoms with E-state index in [0.717, 1.165) is 31.1 Å². The fraction of sp³-hybridized carbons (Fsp3) is 0.438. The van der Waals surface area contributed by atoms with Crippen molar-refractivity contribution in [3.8, 4) is 10.6 Å². The molecule has 1 unspecified atom stereocenters. The van der Waals surface area contributed by atoms with Gasteiger partial charge in [0.05, 0.1) is 5.69 Å². The Morgan fingerprint density at radius 1 is 1.33 bits per heavy atom. The maximum absolute atomic E-state index is 6.03. The van der Waals surface area contributed by atoms with Crippen molar-refractivity contribution in [1.29, 1.82) is 0 Å². The first kappa shape index (κ1) is 16.4. The Kier molecular flexibility index (Phi) is 5.76. The summed E-state index contributed by atoms with van der Waals surface area (Å²) in [5, 5.41) is 3.29. The Morgan fingerprint density at radius 2 is 2.10 bits per heavy atom. The van der Waals surface area contributed by atoms with E-state index in [0.29, 0.717) is 6.04 Å². The van der Waals surface area contributed by atoms with Gasteiger partial charge in [-0.05, 0) is 26.3 Å². The van der Waals surface area contributed by atoms with Crippen molar-refractivity contribution in [1.82, 2.24) is 9.88 Å². The van der Waals surface area contributed by atoms with Gasteiger partial charge in [0.1, 0.15) is 5.01 Å². The lowest BCUT2D eigenvalue weighted by Gasteiger charge is -2.29. The van der Waals surface area contributed by atoms with Crippen LogP contribution in [0.1, 0.15) is 24.1 Å². The number of likely N-dealkylation sites (tertiary alicyclic amines) is 1. The number of benzene rings is 1. The van der Waals surface area contributed by atoms with Crippen molar-refractivity contribution in [2.24, 2.45) is 5.73 Å². The van der Waals surface area contributed by atoms with Gasteiger partial charge in [-0.1, -0.05) is 29.8 Å². The summed E-state index contributed by atoms with van der Waals surface area (Å²) in [4.78, 5) is 7.18. The van der Waals surface area contributed by atoms with Gasteiger partial charge in [0.25, 0.3) is 0 Å². The number of rotatable bonds is 3. The number of piperidine rings is 1. The summed E-state index contributed by atoms with van der Waals surface area (Å²) in [7, 11) is 0. The molecule has 114 valence electrons. The summed E-state index contributed by atoms with van der Waals surface area (Å²) in [5.74, 6) is 0. The molecule has 1 aliphatic heterocycles. The van der Waals surface area contributed by atoms with Crippen molar-refractivity contribution in [2.45, 2.75) is 32.4 Å². The molecule has 1 atom stereocenters. The highest BCUT2D eigenvalue weighted by Gasteiger charge is 2.17. The Bertz CT molecular complexity index is 567. The maximum atomic E-state index is 6.03. The fourth-order valence-electron chi connectivity index (χ4n) is 2.67. The molecule has 0 saturated carbocycles. The molecule has 1 fully saturated rings. The first-order valence-electron chi connectivity index (χ1n) is 7.20. The van der Waals surface area contributed by atoms with Gasteiger partial charge >= 0.3 is 0 Å². The van der Waals surface area contributed by atoms with Crippen LogP contribution in [0.3, 0.4) is 0 Å². The normalized spacial score (nSPS) is 19.2. The van der Waals surface area contributed by atoms with E-state index in [-0.39, 0.29) is 12.4 Å². The highest BCUT2D eigenvalue weighted by molar-refractivity contribution is 7.13. The fourth-order valence-corrected chi connectivity index (χ4v) is 3.49. The minimum Gasteiger partial charge on any atom is -0.327 e. The van der Waals surface area contributed by atoms with E-state index in [1.807, 2.05) is 0 Å². The van der Waals surface area contributed by atoms with Crippen molar-refractivity contribution >= 4 is 23.7 Å². The molecule has 1 aromatic heterocycles. The molecule has 2 N–H and O–H groups in total. The third-order valence-corrected chi connectivity index (χ3v) is 4.72. The van der Waals surface area contributed by atoms with E-state index < -0.39 is 0 Å². The van der Waals surface area contributed by atoms with Crippen LogP contribution in [0, 0.1) is 6.92 Å². The van der Waals surface area contributed by atoms with Crippen LogP contribution in [0.25, 0.3) is 10.6 Å². The van der Waals surface area contributed by atoms with Crippen LogP contribution >= 0.6 is 23.7 Å². The summed E-state index contributed by atoms with van der Waals surface area (Å²) in [6.45, 7) is 5.18. The number of aryl methyl sites for hydroxylation is 1. The molecule has 0 aliphatic carbocycles. The minimum atomic E-state index is 0. The zero-order valence-electron chi connectivity index (χ0n) is 12.3. The molecule has 0 radical (unpaired) electrons. The van der Waals surface area contributed by atoms with Crippen LogP contribution in [0.5, 0.6) is 0 Å². The molecule has 2 aromatic rings.